The Bertz CT molecular complexity index is 775. The molecule has 0 aliphatic heterocycles. The molecule has 4 atom stereocenters. The van der Waals surface area contributed by atoms with Crippen LogP contribution in [0.3, 0.4) is 0 Å². The molecule has 0 bridgehead atoms. The molecule has 0 aromatic heterocycles. The fraction of sp³-hybridized carbons (Fsp3) is 0.545. The quantitative estimate of drug-likeness (QED) is 0.284. The van der Waals surface area contributed by atoms with Crippen LogP contribution in [0.1, 0.15) is 32.8 Å². The highest BCUT2D eigenvalue weighted by atomic mass is 32.2. The Labute approximate surface area is 193 Å². The molecule has 0 fully saturated rings. The van der Waals surface area contributed by atoms with E-state index in [-0.39, 0.29) is 12.3 Å². The van der Waals surface area contributed by atoms with Gasteiger partial charge in [-0.1, -0.05) is 44.2 Å². The average Bonchev–Trinajstić information content (AvgIpc) is 2.75. The highest BCUT2D eigenvalue weighted by molar-refractivity contribution is 7.98. The summed E-state index contributed by atoms with van der Waals surface area (Å²) >= 11 is 1.57. The lowest BCUT2D eigenvalue weighted by molar-refractivity contribution is -0.142. The number of carbonyl (C=O) groups excluding carboxylic acids is 3. The molecule has 10 heteroatoms. The Balaban J connectivity index is 2.72. The van der Waals surface area contributed by atoms with Gasteiger partial charge < -0.3 is 26.8 Å². The predicted molar refractivity (Wildman–Crippen MR) is 125 cm³/mol. The Hall–Kier alpha value is -2.59. The summed E-state index contributed by atoms with van der Waals surface area (Å²) in [6, 6.07) is 5.18. The van der Waals surface area contributed by atoms with Gasteiger partial charge >= 0.3 is 5.97 Å². The first-order chi connectivity index (χ1) is 15.1. The zero-order valence-electron chi connectivity index (χ0n) is 19.0. The van der Waals surface area contributed by atoms with Gasteiger partial charge in [-0.2, -0.15) is 11.8 Å². The van der Waals surface area contributed by atoms with Gasteiger partial charge in [-0.25, -0.2) is 4.79 Å². The number of carboxylic acids is 1. The van der Waals surface area contributed by atoms with Gasteiger partial charge in [0.2, 0.25) is 17.7 Å². The number of hydrogen-bond acceptors (Lipinski definition) is 6. The van der Waals surface area contributed by atoms with E-state index in [0.29, 0.717) is 6.42 Å². The maximum Gasteiger partial charge on any atom is 0.326 e. The second-order valence-electron chi connectivity index (χ2n) is 7.94. The summed E-state index contributed by atoms with van der Waals surface area (Å²) in [5.74, 6) is -2.30. The molecule has 0 aliphatic carbocycles. The third kappa shape index (κ3) is 9.27. The molecule has 0 spiro atoms. The van der Waals surface area contributed by atoms with Gasteiger partial charge in [0.15, 0.2) is 0 Å². The maximum atomic E-state index is 12.7. The van der Waals surface area contributed by atoms with E-state index in [0.717, 1.165) is 11.3 Å². The summed E-state index contributed by atoms with van der Waals surface area (Å²) in [6.07, 6.45) is 2.51. The number of benzene rings is 1. The van der Waals surface area contributed by atoms with Gasteiger partial charge in [-0.05, 0) is 36.8 Å². The fourth-order valence-electron chi connectivity index (χ4n) is 2.89. The SMILES string of the molecule is CSCCC(N)C(=O)NC(C(=O)NC(C)C(=O)NC(Cc1ccccc1)C(=O)O)C(C)C. The summed E-state index contributed by atoms with van der Waals surface area (Å²) in [5, 5.41) is 17.1. The number of carboxylic acid groups (broad SMARTS) is 1. The molecule has 32 heavy (non-hydrogen) atoms. The van der Waals surface area contributed by atoms with Crippen LogP contribution in [0.25, 0.3) is 0 Å². The number of thioether (sulfide) groups is 1. The molecule has 9 nitrogen and oxygen atoms in total. The number of amides is 3. The molecule has 0 heterocycles. The summed E-state index contributed by atoms with van der Waals surface area (Å²) in [5.41, 5.74) is 6.63. The Morgan fingerprint density at radius 1 is 0.969 bits per heavy atom. The molecule has 0 aliphatic rings. The van der Waals surface area contributed by atoms with Gasteiger partial charge in [0, 0.05) is 6.42 Å². The molecule has 1 aromatic rings. The second kappa shape index (κ2) is 13.7. The highest BCUT2D eigenvalue weighted by Gasteiger charge is 2.30. The molecule has 0 saturated carbocycles. The third-order valence-electron chi connectivity index (χ3n) is 4.87. The summed E-state index contributed by atoms with van der Waals surface area (Å²) in [7, 11) is 0. The predicted octanol–water partition coefficient (Wildman–Crippen LogP) is 0.524. The first-order valence-corrected chi connectivity index (χ1v) is 11.9. The topological polar surface area (TPSA) is 151 Å². The normalized spacial score (nSPS) is 14.7. The first-order valence-electron chi connectivity index (χ1n) is 10.5. The molecule has 1 rings (SSSR count). The van der Waals surface area contributed by atoms with Crippen molar-refractivity contribution in [2.24, 2.45) is 11.7 Å². The van der Waals surface area contributed by atoms with Crippen LogP contribution in [-0.4, -0.2) is 65.0 Å². The summed E-state index contributed by atoms with van der Waals surface area (Å²) < 4.78 is 0. The molecular weight excluding hydrogens is 432 g/mol. The minimum Gasteiger partial charge on any atom is -0.480 e. The van der Waals surface area contributed by atoms with E-state index < -0.39 is 47.9 Å². The van der Waals surface area contributed by atoms with Crippen molar-refractivity contribution in [1.29, 1.82) is 0 Å². The zero-order valence-corrected chi connectivity index (χ0v) is 19.8. The van der Waals surface area contributed by atoms with Crippen LogP contribution < -0.4 is 21.7 Å². The van der Waals surface area contributed by atoms with Crippen LogP contribution in [0.5, 0.6) is 0 Å². The molecule has 6 N–H and O–H groups in total. The zero-order chi connectivity index (χ0) is 24.3. The van der Waals surface area contributed by atoms with E-state index in [1.54, 1.807) is 49.9 Å². The van der Waals surface area contributed by atoms with Crippen LogP contribution in [0.15, 0.2) is 30.3 Å². The van der Waals surface area contributed by atoms with Crippen LogP contribution in [-0.2, 0) is 25.6 Å². The first kappa shape index (κ1) is 27.4. The van der Waals surface area contributed by atoms with Crippen molar-refractivity contribution in [3.63, 3.8) is 0 Å². The molecule has 178 valence electrons. The number of aliphatic carboxylic acids is 1. The van der Waals surface area contributed by atoms with Crippen molar-refractivity contribution in [3.8, 4) is 0 Å². The van der Waals surface area contributed by atoms with Gasteiger partial charge in [-0.3, -0.25) is 14.4 Å². The van der Waals surface area contributed by atoms with Crippen LogP contribution in [0.2, 0.25) is 0 Å². The highest BCUT2D eigenvalue weighted by Crippen LogP contribution is 2.06. The lowest BCUT2D eigenvalue weighted by Crippen LogP contribution is -2.57. The van der Waals surface area contributed by atoms with Gasteiger partial charge in [-0.15, -0.1) is 0 Å². The van der Waals surface area contributed by atoms with Crippen molar-refractivity contribution in [3.05, 3.63) is 35.9 Å². The van der Waals surface area contributed by atoms with Crippen LogP contribution in [0.4, 0.5) is 0 Å². The molecular formula is C22H34N4O5S. The third-order valence-corrected chi connectivity index (χ3v) is 5.51. The fourth-order valence-corrected chi connectivity index (χ4v) is 3.38. The maximum absolute atomic E-state index is 12.7. The Kier molecular flexibility index (Phi) is 11.8. The van der Waals surface area contributed by atoms with Gasteiger partial charge in [0.1, 0.15) is 18.1 Å². The second-order valence-corrected chi connectivity index (χ2v) is 8.92. The van der Waals surface area contributed by atoms with E-state index in [2.05, 4.69) is 16.0 Å². The van der Waals surface area contributed by atoms with E-state index in [4.69, 9.17) is 5.73 Å². The smallest absolute Gasteiger partial charge is 0.326 e. The number of rotatable bonds is 13. The summed E-state index contributed by atoms with van der Waals surface area (Å²) in [4.78, 5) is 49.1. The standard InChI is InChI=1S/C22H34N4O5S/c1-13(2)18(26-20(28)16(23)10-11-32-4)21(29)24-14(3)19(27)25-17(22(30)31)12-15-8-6-5-7-9-15/h5-9,13-14,16-18H,10-12,23H2,1-4H3,(H,24,29)(H,25,27)(H,26,28)(H,30,31). The largest absolute Gasteiger partial charge is 0.480 e. The van der Waals surface area contributed by atoms with Gasteiger partial charge in [0.25, 0.3) is 0 Å². The van der Waals surface area contributed by atoms with Crippen molar-refractivity contribution in [2.75, 3.05) is 12.0 Å². The Morgan fingerprint density at radius 2 is 1.59 bits per heavy atom. The number of carbonyl (C=O) groups is 4. The van der Waals surface area contributed by atoms with E-state index in [1.165, 1.54) is 6.92 Å². The Morgan fingerprint density at radius 3 is 2.12 bits per heavy atom. The van der Waals surface area contributed by atoms with Crippen molar-refractivity contribution >= 4 is 35.5 Å². The lowest BCUT2D eigenvalue weighted by Gasteiger charge is -2.25. The van der Waals surface area contributed by atoms with E-state index in [1.807, 2.05) is 12.3 Å². The summed E-state index contributed by atoms with van der Waals surface area (Å²) in [6.45, 7) is 4.99. The lowest BCUT2D eigenvalue weighted by atomic mass is 10.0. The van der Waals surface area contributed by atoms with Crippen LogP contribution in [0, 0.1) is 5.92 Å². The number of nitrogens with one attached hydrogen (secondary N) is 3. The van der Waals surface area contributed by atoms with Crippen molar-refractivity contribution in [1.82, 2.24) is 16.0 Å². The van der Waals surface area contributed by atoms with Gasteiger partial charge in [0.05, 0.1) is 6.04 Å². The monoisotopic (exact) mass is 466 g/mol. The van der Waals surface area contributed by atoms with Crippen LogP contribution >= 0.6 is 11.8 Å². The van der Waals surface area contributed by atoms with E-state index in [9.17, 15) is 24.3 Å². The average molecular weight is 467 g/mol. The van der Waals surface area contributed by atoms with E-state index >= 15 is 0 Å². The molecule has 3 amide bonds. The molecule has 0 radical (unpaired) electrons. The molecule has 1 aromatic carbocycles. The molecule has 0 saturated heterocycles. The van der Waals surface area contributed by atoms with Crippen molar-refractivity contribution < 1.29 is 24.3 Å². The van der Waals surface area contributed by atoms with Crippen molar-refractivity contribution in [2.45, 2.75) is 57.8 Å². The number of hydrogen-bond donors (Lipinski definition) is 5. The minimum absolute atomic E-state index is 0.112. The minimum atomic E-state index is -1.17. The molecule has 4 unspecified atom stereocenters. The number of nitrogens with two attached hydrogens (primary N) is 1.